The van der Waals surface area contributed by atoms with Crippen LogP contribution in [0.3, 0.4) is 0 Å². The fourth-order valence-electron chi connectivity index (χ4n) is 4.42. The van der Waals surface area contributed by atoms with E-state index in [2.05, 4.69) is 40.7 Å². The van der Waals surface area contributed by atoms with Crippen LogP contribution in [0.2, 0.25) is 0 Å². The van der Waals surface area contributed by atoms with Gasteiger partial charge in [-0.1, -0.05) is 19.1 Å². The largest absolute Gasteiger partial charge is 0.370 e. The Bertz CT molecular complexity index is 1290. The van der Waals surface area contributed by atoms with Gasteiger partial charge in [0.05, 0.1) is 22.2 Å². The number of nitrogens with two attached hydrogens (primary N) is 2. The Labute approximate surface area is 180 Å². The number of rotatable bonds is 4. The number of imidazole rings is 1. The van der Waals surface area contributed by atoms with E-state index in [1.807, 2.05) is 12.1 Å². The number of piperidine rings is 1. The van der Waals surface area contributed by atoms with E-state index < -0.39 is 5.91 Å². The van der Waals surface area contributed by atoms with Crippen LogP contribution in [0.5, 0.6) is 0 Å². The highest BCUT2D eigenvalue weighted by Crippen LogP contribution is 2.30. The van der Waals surface area contributed by atoms with Crippen LogP contribution in [-0.4, -0.2) is 39.6 Å². The summed E-state index contributed by atoms with van der Waals surface area (Å²) in [6, 6.07) is 16.1. The molecule has 1 aliphatic rings. The molecule has 1 amide bonds. The van der Waals surface area contributed by atoms with Crippen LogP contribution in [0.1, 0.15) is 35.9 Å². The quantitative estimate of drug-likeness (QED) is 0.534. The number of nitrogens with zero attached hydrogens (tertiary/aromatic N) is 4. The minimum Gasteiger partial charge on any atom is -0.370 e. The van der Waals surface area contributed by atoms with Gasteiger partial charge in [0.15, 0.2) is 0 Å². The number of pyridine rings is 1. The van der Waals surface area contributed by atoms with Gasteiger partial charge >= 0.3 is 0 Å². The summed E-state index contributed by atoms with van der Waals surface area (Å²) in [5.41, 5.74) is 15.8. The Balaban J connectivity index is 1.66. The summed E-state index contributed by atoms with van der Waals surface area (Å²) in [6.45, 7) is 3.95. The molecule has 1 saturated heterocycles. The molecule has 2 aromatic heterocycles. The average molecular weight is 415 g/mol. The van der Waals surface area contributed by atoms with Gasteiger partial charge in [0, 0.05) is 36.5 Å². The van der Waals surface area contributed by atoms with Crippen LogP contribution in [0.15, 0.2) is 48.5 Å². The standard InChI is InChI=1S/C24H26N6O/c1-2-21-27-18-14-16(24(26)31)6-8-19(18)30(21)22-9-7-15-4-3-5-20(23(15)28-22)29-12-10-17(25)11-13-29/h3-9,14,17H,2,10-13,25H2,1H3,(H2,26,31). The van der Waals surface area contributed by atoms with Crippen LogP contribution >= 0.6 is 0 Å². The first-order valence-electron chi connectivity index (χ1n) is 10.8. The van der Waals surface area contributed by atoms with E-state index in [1.165, 1.54) is 0 Å². The lowest BCUT2D eigenvalue weighted by molar-refractivity contribution is 0.100. The molecule has 0 saturated carbocycles. The van der Waals surface area contributed by atoms with Gasteiger partial charge in [-0.25, -0.2) is 9.97 Å². The SMILES string of the molecule is CCc1nc2cc(C(N)=O)ccc2n1-c1ccc2cccc(N3CCC(N)CC3)c2n1. The number of benzene rings is 2. The minimum absolute atomic E-state index is 0.282. The van der Waals surface area contributed by atoms with Crippen molar-refractivity contribution in [2.45, 2.75) is 32.2 Å². The molecule has 1 fully saturated rings. The van der Waals surface area contributed by atoms with Crippen molar-refractivity contribution in [2.75, 3.05) is 18.0 Å². The van der Waals surface area contributed by atoms with Crippen LogP contribution in [0, 0.1) is 0 Å². The topological polar surface area (TPSA) is 103 Å². The van der Waals surface area contributed by atoms with Crippen molar-refractivity contribution in [1.29, 1.82) is 0 Å². The molecular formula is C24H26N6O. The van der Waals surface area contributed by atoms with Crippen molar-refractivity contribution in [2.24, 2.45) is 11.5 Å². The third-order valence-electron chi connectivity index (χ3n) is 6.12. The lowest BCUT2D eigenvalue weighted by Gasteiger charge is -2.32. The predicted octanol–water partition coefficient (Wildman–Crippen LogP) is 3.16. The Kier molecular flexibility index (Phi) is 4.82. The number of anilines is 1. The number of para-hydroxylation sites is 1. The summed E-state index contributed by atoms with van der Waals surface area (Å²) in [4.78, 5) is 23.8. The summed E-state index contributed by atoms with van der Waals surface area (Å²) in [5.74, 6) is 1.26. The number of hydrogen-bond acceptors (Lipinski definition) is 5. The number of carbonyl (C=O) groups excluding carboxylic acids is 1. The minimum atomic E-state index is -0.454. The fourth-order valence-corrected chi connectivity index (χ4v) is 4.42. The van der Waals surface area contributed by atoms with E-state index in [9.17, 15) is 4.79 Å². The maximum atomic E-state index is 11.6. The zero-order chi connectivity index (χ0) is 21.5. The molecule has 0 atom stereocenters. The molecule has 7 heteroatoms. The number of hydrogen-bond donors (Lipinski definition) is 2. The Morgan fingerprint density at radius 1 is 1.10 bits per heavy atom. The maximum absolute atomic E-state index is 11.6. The number of primary amides is 1. The maximum Gasteiger partial charge on any atom is 0.248 e. The summed E-state index contributed by atoms with van der Waals surface area (Å²) in [6.07, 6.45) is 2.72. The zero-order valence-electron chi connectivity index (χ0n) is 17.6. The summed E-state index contributed by atoms with van der Waals surface area (Å²) in [7, 11) is 0. The molecule has 1 aliphatic heterocycles. The van der Waals surface area contributed by atoms with Crippen molar-refractivity contribution < 1.29 is 4.79 Å². The van der Waals surface area contributed by atoms with Gasteiger partial charge in [0.25, 0.3) is 0 Å². The van der Waals surface area contributed by atoms with Gasteiger partial charge < -0.3 is 16.4 Å². The molecule has 0 spiro atoms. The number of amides is 1. The number of aryl methyl sites for hydroxylation is 1. The molecule has 31 heavy (non-hydrogen) atoms. The van der Waals surface area contributed by atoms with Crippen LogP contribution in [-0.2, 0) is 6.42 Å². The molecular weight excluding hydrogens is 388 g/mol. The van der Waals surface area contributed by atoms with Gasteiger partial charge in [-0.05, 0) is 49.2 Å². The first-order chi connectivity index (χ1) is 15.0. The van der Waals surface area contributed by atoms with Crippen molar-refractivity contribution in [3.8, 4) is 5.82 Å². The molecule has 3 heterocycles. The monoisotopic (exact) mass is 414 g/mol. The molecule has 0 unspecified atom stereocenters. The molecule has 0 radical (unpaired) electrons. The van der Waals surface area contributed by atoms with Crippen LogP contribution in [0.4, 0.5) is 5.69 Å². The van der Waals surface area contributed by atoms with E-state index in [0.29, 0.717) is 5.56 Å². The smallest absolute Gasteiger partial charge is 0.248 e. The molecule has 4 N–H and O–H groups in total. The fraction of sp³-hybridized carbons (Fsp3) is 0.292. The first-order valence-corrected chi connectivity index (χ1v) is 10.8. The Morgan fingerprint density at radius 3 is 2.65 bits per heavy atom. The second kappa shape index (κ2) is 7.67. The van der Waals surface area contributed by atoms with Gasteiger partial charge in [-0.2, -0.15) is 0 Å². The van der Waals surface area contributed by atoms with E-state index in [1.54, 1.807) is 12.1 Å². The lowest BCUT2D eigenvalue weighted by Crippen LogP contribution is -2.39. The molecule has 0 aliphatic carbocycles. The van der Waals surface area contributed by atoms with E-state index >= 15 is 0 Å². The number of carbonyl (C=O) groups is 1. The summed E-state index contributed by atoms with van der Waals surface area (Å²) in [5, 5.41) is 1.11. The molecule has 4 aromatic rings. The van der Waals surface area contributed by atoms with Crippen LogP contribution < -0.4 is 16.4 Å². The summed E-state index contributed by atoms with van der Waals surface area (Å²) >= 11 is 0. The van der Waals surface area contributed by atoms with Gasteiger partial charge in [0.2, 0.25) is 5.91 Å². The van der Waals surface area contributed by atoms with E-state index in [4.69, 9.17) is 21.4 Å². The average Bonchev–Trinajstić information content (AvgIpc) is 3.16. The highest BCUT2D eigenvalue weighted by molar-refractivity contribution is 5.97. The van der Waals surface area contributed by atoms with Crippen molar-refractivity contribution in [1.82, 2.24) is 14.5 Å². The lowest BCUT2D eigenvalue weighted by atomic mass is 10.0. The summed E-state index contributed by atoms with van der Waals surface area (Å²) < 4.78 is 2.07. The Morgan fingerprint density at radius 2 is 1.90 bits per heavy atom. The number of fused-ring (bicyclic) bond motifs is 2. The van der Waals surface area contributed by atoms with Crippen molar-refractivity contribution in [3.05, 3.63) is 59.9 Å². The highest BCUT2D eigenvalue weighted by Gasteiger charge is 2.20. The third-order valence-corrected chi connectivity index (χ3v) is 6.12. The van der Waals surface area contributed by atoms with Gasteiger partial charge in [-0.15, -0.1) is 0 Å². The van der Waals surface area contributed by atoms with Gasteiger partial charge in [0.1, 0.15) is 11.6 Å². The molecule has 5 rings (SSSR count). The van der Waals surface area contributed by atoms with Crippen molar-refractivity contribution >= 4 is 33.5 Å². The first kappa shape index (κ1) is 19.5. The highest BCUT2D eigenvalue weighted by atomic mass is 16.1. The van der Waals surface area contributed by atoms with E-state index in [-0.39, 0.29) is 6.04 Å². The molecule has 7 nitrogen and oxygen atoms in total. The third kappa shape index (κ3) is 3.41. The zero-order valence-corrected chi connectivity index (χ0v) is 17.6. The normalized spacial score (nSPS) is 15.1. The Hall–Kier alpha value is -3.45. The van der Waals surface area contributed by atoms with E-state index in [0.717, 1.165) is 71.6 Å². The second-order valence-corrected chi connectivity index (χ2v) is 8.13. The number of aromatic nitrogens is 3. The van der Waals surface area contributed by atoms with Gasteiger partial charge in [-0.3, -0.25) is 9.36 Å². The molecule has 2 aromatic carbocycles. The van der Waals surface area contributed by atoms with Crippen LogP contribution in [0.25, 0.3) is 27.8 Å². The predicted molar refractivity (Wildman–Crippen MR) is 124 cm³/mol. The van der Waals surface area contributed by atoms with Crippen molar-refractivity contribution in [3.63, 3.8) is 0 Å². The molecule has 158 valence electrons. The second-order valence-electron chi connectivity index (χ2n) is 8.13. The molecule has 0 bridgehead atoms.